The number of thiophene rings is 1. The number of anilines is 1. The van der Waals surface area contributed by atoms with Crippen molar-refractivity contribution in [3.05, 3.63) is 50.7 Å². The van der Waals surface area contributed by atoms with Gasteiger partial charge in [0.15, 0.2) is 0 Å². The molecule has 29 heavy (non-hydrogen) atoms. The molecule has 1 aromatic carbocycles. The highest BCUT2D eigenvalue weighted by atomic mass is 35.5. The number of hydrogen-bond donors (Lipinski definition) is 2. The summed E-state index contributed by atoms with van der Waals surface area (Å²) in [5, 5.41) is 5.99. The van der Waals surface area contributed by atoms with Crippen LogP contribution in [-0.4, -0.2) is 42.4 Å². The Bertz CT molecular complexity index is 892. The molecule has 2 N–H and O–H groups in total. The van der Waals surface area contributed by atoms with Crippen molar-refractivity contribution in [2.24, 2.45) is 0 Å². The Labute approximate surface area is 181 Å². The molecule has 1 aromatic heterocycles. The van der Waals surface area contributed by atoms with Gasteiger partial charge in [0.2, 0.25) is 5.91 Å². The first kappa shape index (κ1) is 21.8. The molecule has 5 nitrogen and oxygen atoms in total. The van der Waals surface area contributed by atoms with Crippen LogP contribution in [0.4, 0.5) is 5.69 Å². The maximum absolute atomic E-state index is 13.2. The van der Waals surface area contributed by atoms with E-state index in [0.29, 0.717) is 22.1 Å². The number of likely N-dealkylation sites (N-methyl/N-ethyl adjacent to an activating group) is 1. The van der Waals surface area contributed by atoms with Crippen LogP contribution in [0.3, 0.4) is 0 Å². The molecule has 2 heterocycles. The van der Waals surface area contributed by atoms with Gasteiger partial charge in [-0.3, -0.25) is 9.59 Å². The van der Waals surface area contributed by atoms with Crippen molar-refractivity contribution in [3.8, 4) is 0 Å². The summed E-state index contributed by atoms with van der Waals surface area (Å²) in [6.45, 7) is 5.89. The number of hydrogen-bond acceptors (Lipinski definition) is 4. The van der Waals surface area contributed by atoms with E-state index in [4.69, 9.17) is 11.6 Å². The third-order valence-electron chi connectivity index (χ3n) is 5.78. The molecule has 7 heteroatoms. The van der Waals surface area contributed by atoms with Gasteiger partial charge in [-0.25, -0.2) is 0 Å². The average Bonchev–Trinajstić information content (AvgIpc) is 3.07. The molecule has 1 aliphatic heterocycles. The van der Waals surface area contributed by atoms with E-state index >= 15 is 0 Å². The highest BCUT2D eigenvalue weighted by Crippen LogP contribution is 2.25. The van der Waals surface area contributed by atoms with Crippen LogP contribution in [0.1, 0.15) is 47.5 Å². The van der Waals surface area contributed by atoms with Crippen molar-refractivity contribution in [1.29, 1.82) is 0 Å². The fourth-order valence-electron chi connectivity index (χ4n) is 3.69. The Morgan fingerprint density at radius 2 is 1.79 bits per heavy atom. The zero-order valence-electron chi connectivity index (χ0n) is 17.2. The lowest BCUT2D eigenvalue weighted by molar-refractivity contribution is -0.122. The summed E-state index contributed by atoms with van der Waals surface area (Å²) in [6.07, 6.45) is 2.98. The SMILES string of the molecule is CCC(CC)(NC(=O)c1ccc(Cl)s1)C(=O)Nc1ccc2c(c1)CCN(C)CC2. The Kier molecular flexibility index (Phi) is 6.98. The van der Waals surface area contributed by atoms with Crippen LogP contribution in [0.15, 0.2) is 30.3 Å². The molecule has 0 radical (unpaired) electrons. The minimum absolute atomic E-state index is 0.191. The average molecular weight is 434 g/mol. The lowest BCUT2D eigenvalue weighted by Crippen LogP contribution is -2.56. The molecule has 0 saturated carbocycles. The molecule has 2 aromatic rings. The Morgan fingerprint density at radius 3 is 2.41 bits per heavy atom. The maximum atomic E-state index is 13.2. The number of amides is 2. The largest absolute Gasteiger partial charge is 0.337 e. The Hall–Kier alpha value is -1.89. The highest BCUT2D eigenvalue weighted by Gasteiger charge is 2.37. The smallest absolute Gasteiger partial charge is 0.262 e. The van der Waals surface area contributed by atoms with E-state index in [1.54, 1.807) is 12.1 Å². The fourth-order valence-corrected chi connectivity index (χ4v) is 4.62. The van der Waals surface area contributed by atoms with Gasteiger partial charge in [0.05, 0.1) is 9.21 Å². The van der Waals surface area contributed by atoms with Crippen molar-refractivity contribution in [1.82, 2.24) is 10.2 Å². The van der Waals surface area contributed by atoms with Gasteiger partial charge in [0, 0.05) is 18.8 Å². The minimum atomic E-state index is -0.972. The number of carbonyl (C=O) groups is 2. The number of rotatable bonds is 6. The van der Waals surface area contributed by atoms with Crippen LogP contribution >= 0.6 is 22.9 Å². The summed E-state index contributed by atoms with van der Waals surface area (Å²) in [5.74, 6) is -0.463. The van der Waals surface area contributed by atoms with E-state index < -0.39 is 5.54 Å². The van der Waals surface area contributed by atoms with E-state index in [-0.39, 0.29) is 11.8 Å². The van der Waals surface area contributed by atoms with E-state index in [9.17, 15) is 9.59 Å². The van der Waals surface area contributed by atoms with Crippen LogP contribution in [0.2, 0.25) is 4.34 Å². The van der Waals surface area contributed by atoms with Crippen molar-refractivity contribution in [2.75, 3.05) is 25.5 Å². The zero-order chi connectivity index (χ0) is 21.0. The number of carbonyl (C=O) groups excluding carboxylic acids is 2. The quantitative estimate of drug-likeness (QED) is 0.711. The summed E-state index contributed by atoms with van der Waals surface area (Å²) in [5.41, 5.74) is 2.43. The molecule has 0 atom stereocenters. The van der Waals surface area contributed by atoms with E-state index in [2.05, 4.69) is 34.7 Å². The van der Waals surface area contributed by atoms with Gasteiger partial charge in [0.1, 0.15) is 5.54 Å². The normalized spacial score (nSPS) is 14.8. The second kappa shape index (κ2) is 9.28. The standard InChI is InChI=1S/C22H28ClN3O2S/c1-4-22(5-2,25-20(27)18-8-9-19(23)29-18)21(28)24-17-7-6-15-10-12-26(3)13-11-16(15)14-17/h6-9,14H,4-5,10-13H2,1-3H3,(H,24,28)(H,25,27). The Morgan fingerprint density at radius 1 is 1.10 bits per heavy atom. The first-order valence-electron chi connectivity index (χ1n) is 10.1. The maximum Gasteiger partial charge on any atom is 0.262 e. The lowest BCUT2D eigenvalue weighted by atomic mass is 9.91. The topological polar surface area (TPSA) is 61.4 Å². The van der Waals surface area contributed by atoms with Crippen LogP contribution in [-0.2, 0) is 17.6 Å². The van der Waals surface area contributed by atoms with Crippen LogP contribution < -0.4 is 10.6 Å². The number of nitrogens with zero attached hydrogens (tertiary/aromatic N) is 1. The van der Waals surface area contributed by atoms with Gasteiger partial charge in [-0.15, -0.1) is 11.3 Å². The number of nitrogens with one attached hydrogen (secondary N) is 2. The lowest BCUT2D eigenvalue weighted by Gasteiger charge is -2.31. The summed E-state index contributed by atoms with van der Waals surface area (Å²) in [4.78, 5) is 28.7. The first-order chi connectivity index (χ1) is 13.9. The first-order valence-corrected chi connectivity index (χ1v) is 11.3. The zero-order valence-corrected chi connectivity index (χ0v) is 18.8. The molecule has 0 fully saturated rings. The summed E-state index contributed by atoms with van der Waals surface area (Å²) < 4.78 is 0.550. The molecular formula is C22H28ClN3O2S. The Balaban J connectivity index is 1.76. The second-order valence-corrected chi connectivity index (χ2v) is 9.30. The molecule has 0 aliphatic carbocycles. The molecular weight excluding hydrogens is 406 g/mol. The number of benzene rings is 1. The van der Waals surface area contributed by atoms with E-state index in [1.165, 1.54) is 22.5 Å². The summed E-state index contributed by atoms with van der Waals surface area (Å²) in [6, 6.07) is 9.51. The van der Waals surface area contributed by atoms with Gasteiger partial charge in [-0.05, 0) is 68.1 Å². The van der Waals surface area contributed by atoms with Gasteiger partial charge in [-0.1, -0.05) is 31.5 Å². The highest BCUT2D eigenvalue weighted by molar-refractivity contribution is 7.18. The number of fused-ring (bicyclic) bond motifs is 1. The minimum Gasteiger partial charge on any atom is -0.337 e. The molecule has 0 bridgehead atoms. The predicted octanol–water partition coefficient (Wildman–Crippen LogP) is 4.36. The molecule has 0 spiro atoms. The van der Waals surface area contributed by atoms with E-state index in [0.717, 1.165) is 31.6 Å². The van der Waals surface area contributed by atoms with Crippen LogP contribution in [0, 0.1) is 0 Å². The second-order valence-electron chi connectivity index (χ2n) is 7.59. The predicted molar refractivity (Wildman–Crippen MR) is 120 cm³/mol. The van der Waals surface area contributed by atoms with Gasteiger partial charge < -0.3 is 15.5 Å². The summed E-state index contributed by atoms with van der Waals surface area (Å²) in [7, 11) is 2.13. The van der Waals surface area contributed by atoms with Gasteiger partial charge in [-0.2, -0.15) is 0 Å². The summed E-state index contributed by atoms with van der Waals surface area (Å²) >= 11 is 7.16. The van der Waals surface area contributed by atoms with Crippen molar-refractivity contribution in [2.45, 2.75) is 45.1 Å². The third kappa shape index (κ3) is 5.00. The van der Waals surface area contributed by atoms with Crippen molar-refractivity contribution >= 4 is 40.4 Å². The number of halogens is 1. The molecule has 0 unspecified atom stereocenters. The fraction of sp³-hybridized carbons (Fsp3) is 0.455. The molecule has 0 saturated heterocycles. The van der Waals surface area contributed by atoms with Crippen LogP contribution in [0.25, 0.3) is 0 Å². The molecule has 156 valence electrons. The van der Waals surface area contributed by atoms with Crippen molar-refractivity contribution < 1.29 is 9.59 Å². The van der Waals surface area contributed by atoms with Crippen molar-refractivity contribution in [3.63, 3.8) is 0 Å². The van der Waals surface area contributed by atoms with E-state index in [1.807, 2.05) is 19.9 Å². The molecule has 1 aliphatic rings. The molecule has 2 amide bonds. The van der Waals surface area contributed by atoms with Crippen LogP contribution in [0.5, 0.6) is 0 Å². The monoisotopic (exact) mass is 433 g/mol. The van der Waals surface area contributed by atoms with Gasteiger partial charge >= 0.3 is 0 Å². The van der Waals surface area contributed by atoms with Gasteiger partial charge in [0.25, 0.3) is 5.91 Å². The third-order valence-corrected chi connectivity index (χ3v) is 7.01. The molecule has 3 rings (SSSR count).